The van der Waals surface area contributed by atoms with E-state index in [0.717, 1.165) is 12.4 Å². The molecule has 27 heavy (non-hydrogen) atoms. The maximum atomic E-state index is 4.73. The molecule has 1 aliphatic heterocycles. The van der Waals surface area contributed by atoms with Crippen molar-refractivity contribution in [3.05, 3.63) is 49.1 Å². The molecule has 0 N–H and O–H groups in total. The van der Waals surface area contributed by atoms with E-state index in [9.17, 15) is 0 Å². The fourth-order valence-corrected chi connectivity index (χ4v) is 4.38. The van der Waals surface area contributed by atoms with Gasteiger partial charge in [-0.3, -0.25) is 4.98 Å². The molecule has 5 heteroatoms. The van der Waals surface area contributed by atoms with E-state index in [2.05, 4.69) is 56.9 Å². The molecule has 1 aliphatic carbocycles. The molecule has 5 nitrogen and oxygen atoms in total. The molecule has 0 bridgehead atoms. The van der Waals surface area contributed by atoms with Gasteiger partial charge >= 0.3 is 0 Å². The van der Waals surface area contributed by atoms with Crippen LogP contribution in [0.2, 0.25) is 0 Å². The molecule has 2 fully saturated rings. The van der Waals surface area contributed by atoms with Crippen LogP contribution in [0.25, 0.3) is 22.2 Å². The van der Waals surface area contributed by atoms with Crippen LogP contribution < -0.4 is 0 Å². The number of hydrogen-bond donors (Lipinski definition) is 0. The number of fused-ring (bicyclic) bond motifs is 1. The molecular formula is C22H27N5. The second-order valence-electron chi connectivity index (χ2n) is 8.36. The van der Waals surface area contributed by atoms with Crippen molar-refractivity contribution in [1.82, 2.24) is 24.3 Å². The summed E-state index contributed by atoms with van der Waals surface area (Å²) in [6.45, 7) is 7.07. The zero-order chi connectivity index (χ0) is 18.3. The summed E-state index contributed by atoms with van der Waals surface area (Å²) in [5, 5.41) is 2.40. The van der Waals surface area contributed by atoms with Gasteiger partial charge in [-0.2, -0.15) is 0 Å². The van der Waals surface area contributed by atoms with Crippen molar-refractivity contribution in [2.75, 3.05) is 39.8 Å². The van der Waals surface area contributed by atoms with Crippen LogP contribution in [0.4, 0.5) is 0 Å². The van der Waals surface area contributed by atoms with E-state index >= 15 is 0 Å². The highest BCUT2D eigenvalue weighted by molar-refractivity contribution is 5.94. The summed E-state index contributed by atoms with van der Waals surface area (Å²) in [6.07, 6.45) is 10.6. The van der Waals surface area contributed by atoms with Gasteiger partial charge in [-0.25, -0.2) is 4.98 Å². The fraction of sp³-hybridized carbons (Fsp3) is 0.455. The van der Waals surface area contributed by atoms with Crippen LogP contribution in [0.15, 0.2) is 49.1 Å². The van der Waals surface area contributed by atoms with Crippen LogP contribution in [0.1, 0.15) is 12.8 Å². The van der Waals surface area contributed by atoms with Crippen molar-refractivity contribution in [2.45, 2.75) is 19.4 Å². The number of hydrogen-bond acceptors (Lipinski definition) is 4. The molecule has 0 amide bonds. The Bertz CT molecular complexity index is 929. The summed E-state index contributed by atoms with van der Waals surface area (Å²) in [7, 11) is 2.22. The van der Waals surface area contributed by atoms with Gasteiger partial charge in [0.25, 0.3) is 0 Å². The van der Waals surface area contributed by atoms with E-state index in [4.69, 9.17) is 4.98 Å². The standard InChI is InChI=1S/C22H27N5/c1-25-11-13-26(14-12-25)16-22(6-7-22)17-27-10-9-24-21(27)20-4-2-3-18-15-23-8-5-19(18)20/h2-5,8-10,15H,6-7,11-14,16-17H2,1H3. The third kappa shape index (κ3) is 3.37. The molecule has 2 aliphatic rings. The Hall–Kier alpha value is -2.24. The quantitative estimate of drug-likeness (QED) is 0.700. The molecule has 1 saturated carbocycles. The summed E-state index contributed by atoms with van der Waals surface area (Å²) >= 11 is 0. The Labute approximate surface area is 160 Å². The first-order valence-corrected chi connectivity index (χ1v) is 9.98. The first kappa shape index (κ1) is 16.9. The zero-order valence-corrected chi connectivity index (χ0v) is 16.0. The number of rotatable bonds is 5. The van der Waals surface area contributed by atoms with Crippen molar-refractivity contribution >= 4 is 10.8 Å². The molecule has 0 spiro atoms. The van der Waals surface area contributed by atoms with Crippen molar-refractivity contribution < 1.29 is 0 Å². The van der Waals surface area contributed by atoms with Crippen LogP contribution in [-0.2, 0) is 6.54 Å². The normalized spacial score (nSPS) is 20.2. The van der Waals surface area contributed by atoms with Crippen LogP contribution >= 0.6 is 0 Å². The van der Waals surface area contributed by atoms with Gasteiger partial charge in [0.15, 0.2) is 0 Å². The number of piperazine rings is 1. The van der Waals surface area contributed by atoms with E-state index in [1.54, 1.807) is 0 Å². The lowest BCUT2D eigenvalue weighted by Crippen LogP contribution is -2.46. The topological polar surface area (TPSA) is 37.2 Å². The largest absolute Gasteiger partial charge is 0.330 e. The fourth-order valence-electron chi connectivity index (χ4n) is 4.38. The second-order valence-corrected chi connectivity index (χ2v) is 8.36. The minimum atomic E-state index is 0.428. The Morgan fingerprint density at radius 2 is 1.85 bits per heavy atom. The maximum Gasteiger partial charge on any atom is 0.140 e. The van der Waals surface area contributed by atoms with Gasteiger partial charge in [0.1, 0.15) is 5.82 Å². The number of imidazole rings is 1. The smallest absolute Gasteiger partial charge is 0.140 e. The van der Waals surface area contributed by atoms with Gasteiger partial charge in [-0.1, -0.05) is 18.2 Å². The molecule has 140 valence electrons. The Kier molecular flexibility index (Phi) is 4.21. The third-order valence-electron chi connectivity index (χ3n) is 6.25. The van der Waals surface area contributed by atoms with Crippen molar-refractivity contribution in [1.29, 1.82) is 0 Å². The predicted octanol–water partition coefficient (Wildman–Crippen LogP) is 3.13. The van der Waals surface area contributed by atoms with Gasteiger partial charge in [0.2, 0.25) is 0 Å². The third-order valence-corrected chi connectivity index (χ3v) is 6.25. The number of benzene rings is 1. The minimum absolute atomic E-state index is 0.428. The zero-order valence-electron chi connectivity index (χ0n) is 16.0. The average molecular weight is 361 g/mol. The highest BCUT2D eigenvalue weighted by atomic mass is 15.3. The summed E-state index contributed by atoms with van der Waals surface area (Å²) in [5.41, 5.74) is 1.63. The van der Waals surface area contributed by atoms with E-state index in [1.807, 2.05) is 18.6 Å². The first-order valence-electron chi connectivity index (χ1n) is 9.98. The molecule has 3 heterocycles. The van der Waals surface area contributed by atoms with Crippen LogP contribution in [-0.4, -0.2) is 64.1 Å². The Balaban J connectivity index is 1.39. The molecular weight excluding hydrogens is 334 g/mol. The minimum Gasteiger partial charge on any atom is -0.330 e. The summed E-state index contributed by atoms with van der Waals surface area (Å²) in [6, 6.07) is 8.51. The van der Waals surface area contributed by atoms with Gasteiger partial charge in [-0.15, -0.1) is 0 Å². The highest BCUT2D eigenvalue weighted by Crippen LogP contribution is 2.48. The van der Waals surface area contributed by atoms with Gasteiger partial charge < -0.3 is 14.4 Å². The van der Waals surface area contributed by atoms with Crippen LogP contribution in [0, 0.1) is 5.41 Å². The molecule has 2 aromatic heterocycles. The van der Waals surface area contributed by atoms with Gasteiger partial charge in [0.05, 0.1) is 0 Å². The molecule has 1 aromatic carbocycles. The SMILES string of the molecule is CN1CCN(CC2(Cn3ccnc3-c3cccc4cnccc34)CC2)CC1. The predicted molar refractivity (Wildman–Crippen MR) is 109 cm³/mol. The monoisotopic (exact) mass is 361 g/mol. The van der Waals surface area contributed by atoms with Crippen molar-refractivity contribution in [3.8, 4) is 11.4 Å². The lowest BCUT2D eigenvalue weighted by Gasteiger charge is -2.35. The number of pyridine rings is 1. The van der Waals surface area contributed by atoms with E-state index in [1.165, 1.54) is 61.9 Å². The molecule has 0 atom stereocenters. The van der Waals surface area contributed by atoms with Crippen LogP contribution in [0.5, 0.6) is 0 Å². The summed E-state index contributed by atoms with van der Waals surface area (Å²) < 4.78 is 2.37. The van der Waals surface area contributed by atoms with E-state index in [0.29, 0.717) is 5.41 Å². The first-order chi connectivity index (χ1) is 13.2. The Morgan fingerprint density at radius 1 is 1.00 bits per heavy atom. The lowest BCUT2D eigenvalue weighted by molar-refractivity contribution is 0.125. The number of nitrogens with zero attached hydrogens (tertiary/aromatic N) is 5. The summed E-state index contributed by atoms with van der Waals surface area (Å²) in [5.74, 6) is 1.08. The van der Waals surface area contributed by atoms with Crippen molar-refractivity contribution in [2.24, 2.45) is 5.41 Å². The summed E-state index contributed by atoms with van der Waals surface area (Å²) in [4.78, 5) is 14.1. The molecule has 1 saturated heterocycles. The highest BCUT2D eigenvalue weighted by Gasteiger charge is 2.44. The van der Waals surface area contributed by atoms with Crippen LogP contribution in [0.3, 0.4) is 0 Å². The average Bonchev–Trinajstić information content (AvgIpc) is 3.29. The van der Waals surface area contributed by atoms with Gasteiger partial charge in [0, 0.05) is 80.4 Å². The molecule has 3 aromatic rings. The Morgan fingerprint density at radius 3 is 2.67 bits per heavy atom. The lowest BCUT2D eigenvalue weighted by atomic mass is 10.0. The van der Waals surface area contributed by atoms with Gasteiger partial charge in [-0.05, 0) is 31.3 Å². The molecule has 5 rings (SSSR count). The number of aromatic nitrogens is 3. The van der Waals surface area contributed by atoms with E-state index < -0.39 is 0 Å². The second kappa shape index (κ2) is 6.73. The molecule has 0 radical (unpaired) electrons. The maximum absolute atomic E-state index is 4.73. The number of likely N-dealkylation sites (N-methyl/N-ethyl adjacent to an activating group) is 1. The molecule has 0 unspecified atom stereocenters. The van der Waals surface area contributed by atoms with Crippen molar-refractivity contribution in [3.63, 3.8) is 0 Å². The van der Waals surface area contributed by atoms with E-state index in [-0.39, 0.29) is 0 Å².